The van der Waals surface area contributed by atoms with Gasteiger partial charge >= 0.3 is 0 Å². The number of hydrogen-bond acceptors (Lipinski definition) is 6. The minimum atomic E-state index is -4.01. The van der Waals surface area contributed by atoms with E-state index in [2.05, 4.69) is 10.0 Å². The zero-order valence-electron chi connectivity index (χ0n) is 17.3. The predicted octanol–water partition coefficient (Wildman–Crippen LogP) is 3.79. The molecule has 0 bridgehead atoms. The van der Waals surface area contributed by atoms with E-state index in [1.807, 2.05) is 0 Å². The molecule has 10 heteroatoms. The van der Waals surface area contributed by atoms with Gasteiger partial charge in [0.25, 0.3) is 15.9 Å². The van der Waals surface area contributed by atoms with Crippen molar-refractivity contribution < 1.29 is 27.8 Å². The zero-order chi connectivity index (χ0) is 23.3. The van der Waals surface area contributed by atoms with Gasteiger partial charge in [-0.05, 0) is 54.1 Å². The maximum absolute atomic E-state index is 12.9. The van der Waals surface area contributed by atoms with E-state index in [0.29, 0.717) is 16.3 Å². The van der Waals surface area contributed by atoms with Crippen molar-refractivity contribution in [3.8, 4) is 17.2 Å². The molecule has 3 rings (SSSR count). The number of carbonyl (C=O) groups is 1. The smallest absolute Gasteiger partial charge is 0.262 e. The summed E-state index contributed by atoms with van der Waals surface area (Å²) in [5.74, 6) is 0.113. The van der Waals surface area contributed by atoms with Crippen LogP contribution in [0.3, 0.4) is 0 Å². The molecule has 0 aliphatic rings. The van der Waals surface area contributed by atoms with Crippen LogP contribution >= 0.6 is 11.6 Å². The number of phenolic OH excluding ortho intramolecular Hbond substituents is 1. The summed E-state index contributed by atoms with van der Waals surface area (Å²) < 4.78 is 38.4. The van der Waals surface area contributed by atoms with E-state index in [9.17, 15) is 18.3 Å². The van der Waals surface area contributed by atoms with Crippen LogP contribution in [0.25, 0.3) is 0 Å². The number of benzene rings is 3. The number of carbonyl (C=O) groups excluding carboxylic acids is 1. The predicted molar refractivity (Wildman–Crippen MR) is 121 cm³/mol. The molecule has 3 aromatic rings. The summed E-state index contributed by atoms with van der Waals surface area (Å²) in [4.78, 5) is 12.5. The van der Waals surface area contributed by atoms with Crippen molar-refractivity contribution >= 4 is 33.2 Å². The topological polar surface area (TPSA) is 114 Å². The van der Waals surface area contributed by atoms with Crippen molar-refractivity contribution in [2.24, 2.45) is 0 Å². The molecule has 168 valence electrons. The van der Waals surface area contributed by atoms with Crippen LogP contribution in [0.2, 0.25) is 5.02 Å². The maximum atomic E-state index is 12.9. The zero-order valence-corrected chi connectivity index (χ0v) is 18.8. The summed E-state index contributed by atoms with van der Waals surface area (Å²) in [6.07, 6.45) is 0. The Labute approximate surface area is 190 Å². The third kappa shape index (κ3) is 5.43. The van der Waals surface area contributed by atoms with E-state index in [0.717, 1.165) is 0 Å². The number of ether oxygens (including phenoxy) is 2. The van der Waals surface area contributed by atoms with Gasteiger partial charge in [0.1, 0.15) is 5.75 Å². The highest BCUT2D eigenvalue weighted by Gasteiger charge is 2.19. The van der Waals surface area contributed by atoms with Gasteiger partial charge in [-0.1, -0.05) is 23.7 Å². The highest BCUT2D eigenvalue weighted by atomic mass is 35.5. The maximum Gasteiger partial charge on any atom is 0.262 e. The normalized spacial score (nSPS) is 11.0. The number of amides is 1. The molecule has 0 atom stereocenters. The van der Waals surface area contributed by atoms with Crippen molar-refractivity contribution in [3.05, 3.63) is 76.8 Å². The van der Waals surface area contributed by atoms with Gasteiger partial charge in [-0.15, -0.1) is 0 Å². The Bertz CT molecular complexity index is 1250. The van der Waals surface area contributed by atoms with Crippen molar-refractivity contribution in [2.45, 2.75) is 11.4 Å². The van der Waals surface area contributed by atoms with Crippen molar-refractivity contribution in [2.75, 3.05) is 18.9 Å². The van der Waals surface area contributed by atoms with Gasteiger partial charge in [0.15, 0.2) is 11.5 Å². The molecule has 0 fully saturated rings. The molecule has 0 aromatic heterocycles. The summed E-state index contributed by atoms with van der Waals surface area (Å²) in [7, 11) is -1.17. The Kier molecular flexibility index (Phi) is 7.12. The van der Waals surface area contributed by atoms with Crippen molar-refractivity contribution in [1.82, 2.24) is 5.32 Å². The first kappa shape index (κ1) is 23.2. The molecule has 3 aromatic carbocycles. The lowest BCUT2D eigenvalue weighted by molar-refractivity contribution is 0.0950. The fourth-order valence-corrected chi connectivity index (χ4v) is 4.16. The largest absolute Gasteiger partial charge is 0.504 e. The molecule has 1 amide bonds. The molecule has 0 unspecified atom stereocenters. The molecule has 3 N–H and O–H groups in total. The minimum absolute atomic E-state index is 0.00989. The minimum Gasteiger partial charge on any atom is -0.504 e. The van der Waals surface area contributed by atoms with E-state index >= 15 is 0 Å². The Morgan fingerprint density at radius 2 is 1.75 bits per heavy atom. The quantitative estimate of drug-likeness (QED) is 0.455. The molecule has 0 radical (unpaired) electrons. The summed E-state index contributed by atoms with van der Waals surface area (Å²) in [6.45, 7) is 0.157. The fourth-order valence-electron chi connectivity index (χ4n) is 2.88. The number of aromatic hydroxyl groups is 1. The first-order chi connectivity index (χ1) is 15.2. The SMILES string of the molecule is COc1cc(CNC(=O)c2cccc(S(=O)(=O)Nc3cc(Cl)ccc3OC)c2)ccc1O. The monoisotopic (exact) mass is 476 g/mol. The van der Waals surface area contributed by atoms with Crippen LogP contribution < -0.4 is 19.5 Å². The Morgan fingerprint density at radius 1 is 1.00 bits per heavy atom. The lowest BCUT2D eigenvalue weighted by Crippen LogP contribution is -2.23. The average Bonchev–Trinajstić information content (AvgIpc) is 2.78. The van der Waals surface area contributed by atoms with Gasteiger partial charge < -0.3 is 19.9 Å². The number of phenols is 1. The molecule has 0 spiro atoms. The van der Waals surface area contributed by atoms with Crippen LogP contribution in [0.5, 0.6) is 17.2 Å². The highest BCUT2D eigenvalue weighted by molar-refractivity contribution is 7.92. The number of methoxy groups -OCH3 is 2. The van der Waals surface area contributed by atoms with Crippen LogP contribution in [0.15, 0.2) is 65.6 Å². The van der Waals surface area contributed by atoms with Crippen LogP contribution in [-0.4, -0.2) is 33.7 Å². The molecular formula is C22H21ClN2O6S. The number of hydrogen-bond donors (Lipinski definition) is 3. The van der Waals surface area contributed by atoms with Crippen molar-refractivity contribution in [3.63, 3.8) is 0 Å². The van der Waals surface area contributed by atoms with Gasteiger partial charge in [0.05, 0.1) is 24.8 Å². The summed E-state index contributed by atoms with van der Waals surface area (Å²) in [6, 6.07) is 14.9. The van der Waals surface area contributed by atoms with E-state index < -0.39 is 15.9 Å². The molecule has 0 aliphatic heterocycles. The van der Waals surface area contributed by atoms with Crippen LogP contribution in [-0.2, 0) is 16.6 Å². The van der Waals surface area contributed by atoms with Gasteiger partial charge in [0, 0.05) is 17.1 Å². The summed E-state index contributed by atoms with van der Waals surface area (Å²) >= 11 is 5.96. The molecule has 0 saturated carbocycles. The van der Waals surface area contributed by atoms with Crippen molar-refractivity contribution in [1.29, 1.82) is 0 Å². The second-order valence-corrected chi connectivity index (χ2v) is 8.79. The Balaban J connectivity index is 1.77. The lowest BCUT2D eigenvalue weighted by atomic mass is 10.1. The van der Waals surface area contributed by atoms with E-state index in [1.165, 1.54) is 50.6 Å². The third-order valence-corrected chi connectivity index (χ3v) is 6.11. The first-order valence-corrected chi connectivity index (χ1v) is 11.2. The first-order valence-electron chi connectivity index (χ1n) is 9.34. The van der Waals surface area contributed by atoms with Gasteiger partial charge in [0.2, 0.25) is 0 Å². The summed E-state index contributed by atoms with van der Waals surface area (Å²) in [5.41, 5.74) is 1.04. The molecule has 32 heavy (non-hydrogen) atoms. The second kappa shape index (κ2) is 9.80. The van der Waals surface area contributed by atoms with Crippen LogP contribution in [0.4, 0.5) is 5.69 Å². The molecule has 0 aliphatic carbocycles. The molecular weight excluding hydrogens is 456 g/mol. The molecule has 0 saturated heterocycles. The van der Waals surface area contributed by atoms with Gasteiger partial charge in [-0.25, -0.2) is 8.42 Å². The standard InChI is InChI=1S/C22H21ClN2O6S/c1-30-20-9-7-16(23)12-18(20)25-32(28,29)17-5-3-4-15(11-17)22(27)24-13-14-6-8-19(26)21(10-14)31-2/h3-12,25-26H,13H2,1-2H3,(H,24,27). The number of sulfonamides is 1. The fraction of sp³-hybridized carbons (Fsp3) is 0.136. The molecule has 0 heterocycles. The number of nitrogens with one attached hydrogen (secondary N) is 2. The van der Waals surface area contributed by atoms with E-state index in [4.69, 9.17) is 21.1 Å². The Morgan fingerprint density at radius 3 is 2.47 bits per heavy atom. The number of rotatable bonds is 8. The van der Waals surface area contributed by atoms with E-state index in [1.54, 1.807) is 24.3 Å². The third-order valence-electron chi connectivity index (χ3n) is 4.51. The van der Waals surface area contributed by atoms with Crippen LogP contribution in [0, 0.1) is 0 Å². The van der Waals surface area contributed by atoms with E-state index in [-0.39, 0.29) is 34.2 Å². The lowest BCUT2D eigenvalue weighted by Gasteiger charge is -2.13. The van der Waals surface area contributed by atoms with Gasteiger partial charge in [-0.3, -0.25) is 9.52 Å². The number of halogens is 1. The average molecular weight is 477 g/mol. The molecule has 8 nitrogen and oxygen atoms in total. The summed E-state index contributed by atoms with van der Waals surface area (Å²) in [5, 5.41) is 12.7. The number of anilines is 1. The highest BCUT2D eigenvalue weighted by Crippen LogP contribution is 2.30. The van der Waals surface area contributed by atoms with Crippen LogP contribution in [0.1, 0.15) is 15.9 Å². The second-order valence-electron chi connectivity index (χ2n) is 6.67. The Hall–Kier alpha value is -3.43. The van der Waals surface area contributed by atoms with Gasteiger partial charge in [-0.2, -0.15) is 0 Å².